The number of hydrogen-bond acceptors (Lipinski definition) is 3. The van der Waals surface area contributed by atoms with E-state index in [1.165, 1.54) is 0 Å². The minimum Gasteiger partial charge on any atom is -0.354 e. The van der Waals surface area contributed by atoms with E-state index < -0.39 is 6.04 Å². The number of hydrogen-bond donors (Lipinski definition) is 2. The molecule has 182 valence electrons. The van der Waals surface area contributed by atoms with Crippen LogP contribution in [0.2, 0.25) is 0 Å². The highest BCUT2D eigenvalue weighted by atomic mass is 16.2. The maximum atomic E-state index is 13.1. The number of piperidine rings is 1. The predicted molar refractivity (Wildman–Crippen MR) is 134 cm³/mol. The summed E-state index contributed by atoms with van der Waals surface area (Å²) in [5.41, 5.74) is 2.62. The Morgan fingerprint density at radius 3 is 2.26 bits per heavy atom. The first-order chi connectivity index (χ1) is 16.3. The van der Waals surface area contributed by atoms with Gasteiger partial charge in [-0.1, -0.05) is 62.4 Å². The third kappa shape index (κ3) is 7.17. The molecule has 1 fully saturated rings. The molecule has 1 atom stereocenters. The van der Waals surface area contributed by atoms with Gasteiger partial charge in [-0.25, -0.2) is 0 Å². The van der Waals surface area contributed by atoms with Gasteiger partial charge in [-0.05, 0) is 55.2 Å². The van der Waals surface area contributed by atoms with Crippen LogP contribution in [0.4, 0.5) is 0 Å². The molecule has 0 aliphatic carbocycles. The summed E-state index contributed by atoms with van der Waals surface area (Å²) in [6.07, 6.45) is 2.58. The molecule has 0 bridgehead atoms. The molecule has 3 amide bonds. The van der Waals surface area contributed by atoms with E-state index in [-0.39, 0.29) is 23.6 Å². The highest BCUT2D eigenvalue weighted by Gasteiger charge is 2.34. The topological polar surface area (TPSA) is 78.5 Å². The summed E-state index contributed by atoms with van der Waals surface area (Å²) in [6.45, 7) is 7.75. The van der Waals surface area contributed by atoms with Crippen LogP contribution in [0.3, 0.4) is 0 Å². The van der Waals surface area contributed by atoms with Crippen molar-refractivity contribution in [1.82, 2.24) is 15.5 Å². The fourth-order valence-corrected chi connectivity index (χ4v) is 4.40. The molecule has 1 aliphatic rings. The number of carbonyl (C=O) groups excluding carboxylic acids is 3. The van der Waals surface area contributed by atoms with Gasteiger partial charge < -0.3 is 15.5 Å². The van der Waals surface area contributed by atoms with Crippen LogP contribution in [0.1, 0.15) is 54.6 Å². The highest BCUT2D eigenvalue weighted by molar-refractivity contribution is 5.98. The molecule has 6 nitrogen and oxygen atoms in total. The van der Waals surface area contributed by atoms with Crippen LogP contribution in [-0.4, -0.2) is 48.3 Å². The van der Waals surface area contributed by atoms with E-state index in [9.17, 15) is 14.4 Å². The Balaban J connectivity index is 1.61. The molecule has 0 saturated carbocycles. The van der Waals surface area contributed by atoms with Crippen molar-refractivity contribution in [3.05, 3.63) is 71.3 Å². The van der Waals surface area contributed by atoms with Crippen molar-refractivity contribution in [3.63, 3.8) is 0 Å². The lowest BCUT2D eigenvalue weighted by Gasteiger charge is -2.36. The Labute approximate surface area is 203 Å². The number of nitrogens with zero attached hydrogens (tertiary/aromatic N) is 1. The Hall–Kier alpha value is -3.15. The van der Waals surface area contributed by atoms with Crippen molar-refractivity contribution < 1.29 is 14.4 Å². The minimum absolute atomic E-state index is 0.0155. The molecule has 1 saturated heterocycles. The van der Waals surface area contributed by atoms with Gasteiger partial charge in [0.2, 0.25) is 11.8 Å². The van der Waals surface area contributed by atoms with Crippen molar-refractivity contribution in [2.24, 2.45) is 11.8 Å². The van der Waals surface area contributed by atoms with Gasteiger partial charge in [0.05, 0.1) is 0 Å². The number of aryl methyl sites for hydroxylation is 2. The van der Waals surface area contributed by atoms with Crippen LogP contribution in [-0.2, 0) is 16.0 Å². The van der Waals surface area contributed by atoms with E-state index in [0.29, 0.717) is 50.4 Å². The summed E-state index contributed by atoms with van der Waals surface area (Å²) in [7, 11) is 0. The van der Waals surface area contributed by atoms with Crippen molar-refractivity contribution in [3.8, 4) is 0 Å². The van der Waals surface area contributed by atoms with Gasteiger partial charge in [-0.15, -0.1) is 0 Å². The molecule has 6 heteroatoms. The van der Waals surface area contributed by atoms with Crippen LogP contribution in [0.5, 0.6) is 0 Å². The number of nitrogens with one attached hydrogen (secondary N) is 2. The standard InChI is InChI=1S/C28H37N3O3/c1-20(2)19-29-28(34)26(30-27(33)24-12-8-7-9-21(24)3)23-15-17-31(18-16-23)25(32)14-13-22-10-5-4-6-11-22/h4-12,20,23,26H,13-19H2,1-3H3,(H,29,34)(H,30,33). The molecule has 1 heterocycles. The molecular formula is C28H37N3O3. The first kappa shape index (κ1) is 25.5. The van der Waals surface area contributed by atoms with E-state index in [0.717, 1.165) is 17.5 Å². The number of benzene rings is 2. The van der Waals surface area contributed by atoms with Gasteiger partial charge in [-0.3, -0.25) is 14.4 Å². The smallest absolute Gasteiger partial charge is 0.252 e. The van der Waals surface area contributed by atoms with E-state index in [1.54, 1.807) is 6.07 Å². The maximum absolute atomic E-state index is 13.1. The van der Waals surface area contributed by atoms with Gasteiger partial charge in [0, 0.05) is 31.6 Å². The number of rotatable bonds is 9. The quantitative estimate of drug-likeness (QED) is 0.595. The SMILES string of the molecule is Cc1ccccc1C(=O)NC(C(=O)NCC(C)C)C1CCN(C(=O)CCc2ccccc2)CC1. The highest BCUT2D eigenvalue weighted by Crippen LogP contribution is 2.23. The number of carbonyl (C=O) groups is 3. The average molecular weight is 464 g/mol. The Kier molecular flexibility index (Phi) is 9.25. The normalized spacial score (nSPS) is 15.1. The predicted octanol–water partition coefficient (Wildman–Crippen LogP) is 3.74. The van der Waals surface area contributed by atoms with E-state index in [4.69, 9.17) is 0 Å². The van der Waals surface area contributed by atoms with Gasteiger partial charge in [0.15, 0.2) is 0 Å². The molecular weight excluding hydrogens is 426 g/mol. The molecule has 0 aromatic heterocycles. The fraction of sp³-hybridized carbons (Fsp3) is 0.464. The maximum Gasteiger partial charge on any atom is 0.252 e. The zero-order valence-electron chi connectivity index (χ0n) is 20.5. The molecule has 34 heavy (non-hydrogen) atoms. The van der Waals surface area contributed by atoms with Gasteiger partial charge in [0.25, 0.3) is 5.91 Å². The molecule has 1 aliphatic heterocycles. The van der Waals surface area contributed by atoms with E-state index in [2.05, 4.69) is 10.6 Å². The van der Waals surface area contributed by atoms with Crippen LogP contribution >= 0.6 is 0 Å². The zero-order valence-corrected chi connectivity index (χ0v) is 20.5. The first-order valence-corrected chi connectivity index (χ1v) is 12.3. The molecule has 0 radical (unpaired) electrons. The minimum atomic E-state index is -0.618. The summed E-state index contributed by atoms with van der Waals surface area (Å²) in [4.78, 5) is 40.7. The van der Waals surface area contributed by atoms with Crippen LogP contribution in [0.15, 0.2) is 54.6 Å². The van der Waals surface area contributed by atoms with E-state index in [1.807, 2.05) is 74.2 Å². The van der Waals surface area contributed by atoms with Crippen LogP contribution in [0, 0.1) is 18.8 Å². The summed E-state index contributed by atoms with van der Waals surface area (Å²) in [6, 6.07) is 16.8. The van der Waals surface area contributed by atoms with Crippen molar-refractivity contribution in [2.75, 3.05) is 19.6 Å². The molecule has 2 aromatic carbocycles. The summed E-state index contributed by atoms with van der Waals surface area (Å²) < 4.78 is 0. The third-order valence-corrected chi connectivity index (χ3v) is 6.48. The van der Waals surface area contributed by atoms with Gasteiger partial charge >= 0.3 is 0 Å². The monoisotopic (exact) mass is 463 g/mol. The Bertz CT molecular complexity index is 966. The molecule has 1 unspecified atom stereocenters. The average Bonchev–Trinajstić information content (AvgIpc) is 2.85. The van der Waals surface area contributed by atoms with E-state index >= 15 is 0 Å². The second-order valence-electron chi connectivity index (χ2n) is 9.61. The Morgan fingerprint density at radius 2 is 1.62 bits per heavy atom. The zero-order chi connectivity index (χ0) is 24.5. The summed E-state index contributed by atoms with van der Waals surface area (Å²) in [5.74, 6) is 0.0692. The second kappa shape index (κ2) is 12.4. The Morgan fingerprint density at radius 1 is 0.971 bits per heavy atom. The number of amides is 3. The van der Waals surface area contributed by atoms with Crippen LogP contribution < -0.4 is 10.6 Å². The van der Waals surface area contributed by atoms with Gasteiger partial charge in [-0.2, -0.15) is 0 Å². The van der Waals surface area contributed by atoms with Crippen LogP contribution in [0.25, 0.3) is 0 Å². The molecule has 3 rings (SSSR count). The molecule has 2 N–H and O–H groups in total. The fourth-order valence-electron chi connectivity index (χ4n) is 4.40. The van der Waals surface area contributed by atoms with Crippen molar-refractivity contribution >= 4 is 17.7 Å². The molecule has 0 spiro atoms. The lowest BCUT2D eigenvalue weighted by molar-refractivity contribution is -0.133. The lowest BCUT2D eigenvalue weighted by atomic mass is 9.88. The second-order valence-corrected chi connectivity index (χ2v) is 9.61. The summed E-state index contributed by atoms with van der Waals surface area (Å²) in [5, 5.41) is 5.99. The number of likely N-dealkylation sites (tertiary alicyclic amines) is 1. The third-order valence-electron chi connectivity index (χ3n) is 6.48. The lowest BCUT2D eigenvalue weighted by Crippen LogP contribution is -2.54. The van der Waals surface area contributed by atoms with Crippen molar-refractivity contribution in [1.29, 1.82) is 0 Å². The van der Waals surface area contributed by atoms with Gasteiger partial charge in [0.1, 0.15) is 6.04 Å². The largest absolute Gasteiger partial charge is 0.354 e. The summed E-state index contributed by atoms with van der Waals surface area (Å²) >= 11 is 0. The molecule has 2 aromatic rings. The first-order valence-electron chi connectivity index (χ1n) is 12.3. The van der Waals surface area contributed by atoms with Crippen molar-refractivity contribution in [2.45, 2.75) is 52.5 Å².